The minimum Gasteiger partial charge on any atom is -0.507 e. The average Bonchev–Trinajstić information content (AvgIpc) is 2.63. The predicted molar refractivity (Wildman–Crippen MR) is 94.6 cm³/mol. The maximum Gasteiger partial charge on any atom is 0.198 e. The normalized spacial score (nSPS) is 12.5. The number of carbonyl (C=O) groups is 2. The molecule has 3 aromatic carbocycles. The Bertz CT molecular complexity index is 1070. The van der Waals surface area contributed by atoms with Crippen LogP contribution in [0.15, 0.2) is 54.6 Å². The third-order valence-electron chi connectivity index (χ3n) is 4.15. The molecule has 1 aliphatic rings. The molecule has 1 aliphatic carbocycles. The number of ether oxygens (including phenoxy) is 1. The number of carbonyl (C=O) groups excluding carboxylic acids is 2. The van der Waals surface area contributed by atoms with Gasteiger partial charge in [0.1, 0.15) is 23.0 Å². The van der Waals surface area contributed by atoms with Crippen LogP contribution >= 0.6 is 11.6 Å². The summed E-state index contributed by atoms with van der Waals surface area (Å²) in [6, 6.07) is 13.9. The quantitative estimate of drug-likeness (QED) is 0.516. The van der Waals surface area contributed by atoms with Crippen molar-refractivity contribution in [2.24, 2.45) is 0 Å². The second-order valence-electron chi connectivity index (χ2n) is 5.76. The Kier molecular flexibility index (Phi) is 3.67. The van der Waals surface area contributed by atoms with Gasteiger partial charge >= 0.3 is 0 Å². The second kappa shape index (κ2) is 5.89. The molecule has 0 spiro atoms. The third-order valence-corrected chi connectivity index (χ3v) is 4.44. The SMILES string of the molecule is O=C1c2cc(Cl)c(Oc3ccccc3)cc2C(=O)c2c(O)ccc(O)c21. The van der Waals surface area contributed by atoms with Crippen molar-refractivity contribution in [1.82, 2.24) is 0 Å². The maximum atomic E-state index is 12.8. The molecule has 0 saturated heterocycles. The van der Waals surface area contributed by atoms with Crippen LogP contribution in [0.25, 0.3) is 0 Å². The van der Waals surface area contributed by atoms with Gasteiger partial charge in [-0.3, -0.25) is 9.59 Å². The van der Waals surface area contributed by atoms with Gasteiger partial charge in [-0.05, 0) is 36.4 Å². The molecule has 4 rings (SSSR count). The van der Waals surface area contributed by atoms with Crippen LogP contribution in [0.3, 0.4) is 0 Å². The second-order valence-corrected chi connectivity index (χ2v) is 6.16. The summed E-state index contributed by atoms with van der Waals surface area (Å²) in [5, 5.41) is 20.1. The molecule has 0 atom stereocenters. The van der Waals surface area contributed by atoms with Crippen LogP contribution < -0.4 is 4.74 Å². The van der Waals surface area contributed by atoms with Crippen molar-refractivity contribution in [2.45, 2.75) is 0 Å². The number of hydrogen-bond acceptors (Lipinski definition) is 5. The molecule has 0 amide bonds. The topological polar surface area (TPSA) is 83.8 Å². The van der Waals surface area contributed by atoms with Gasteiger partial charge in [-0.1, -0.05) is 29.8 Å². The molecule has 0 heterocycles. The number of aromatic hydroxyl groups is 2. The number of para-hydroxylation sites is 1. The molecular formula is C20H11ClO5. The van der Waals surface area contributed by atoms with E-state index in [0.29, 0.717) is 5.75 Å². The van der Waals surface area contributed by atoms with E-state index in [-0.39, 0.29) is 44.5 Å². The van der Waals surface area contributed by atoms with Gasteiger partial charge in [-0.25, -0.2) is 0 Å². The van der Waals surface area contributed by atoms with E-state index in [2.05, 4.69) is 0 Å². The number of rotatable bonds is 2. The first-order chi connectivity index (χ1) is 12.5. The molecule has 2 N–H and O–H groups in total. The van der Waals surface area contributed by atoms with Crippen molar-refractivity contribution in [3.05, 3.63) is 81.9 Å². The molecule has 128 valence electrons. The van der Waals surface area contributed by atoms with Crippen LogP contribution in [0, 0.1) is 0 Å². The molecule has 5 nitrogen and oxygen atoms in total. The lowest BCUT2D eigenvalue weighted by atomic mass is 9.83. The van der Waals surface area contributed by atoms with E-state index >= 15 is 0 Å². The summed E-state index contributed by atoms with van der Waals surface area (Å²) < 4.78 is 5.69. The molecule has 0 aliphatic heterocycles. The van der Waals surface area contributed by atoms with Crippen molar-refractivity contribution in [1.29, 1.82) is 0 Å². The number of phenols is 2. The zero-order valence-corrected chi connectivity index (χ0v) is 13.9. The van der Waals surface area contributed by atoms with Gasteiger partial charge in [0.15, 0.2) is 11.6 Å². The van der Waals surface area contributed by atoms with E-state index in [1.54, 1.807) is 24.3 Å². The van der Waals surface area contributed by atoms with E-state index < -0.39 is 11.6 Å². The Balaban J connectivity index is 1.87. The lowest BCUT2D eigenvalue weighted by molar-refractivity contribution is 0.0974. The summed E-state index contributed by atoms with van der Waals surface area (Å²) in [5.74, 6) is -1.19. The van der Waals surface area contributed by atoms with Crippen molar-refractivity contribution in [3.63, 3.8) is 0 Å². The highest BCUT2D eigenvalue weighted by molar-refractivity contribution is 6.35. The fraction of sp³-hybridized carbons (Fsp3) is 0. The van der Waals surface area contributed by atoms with E-state index in [9.17, 15) is 19.8 Å². The standard InChI is InChI=1S/C20H11ClO5/c21-13-8-11-12(9-16(13)26-10-4-2-1-3-5-10)20(25)18-15(23)7-6-14(22)17(18)19(11)24/h1-9,22-23H. The molecule has 0 fully saturated rings. The Labute approximate surface area is 153 Å². The number of fused-ring (bicyclic) bond motifs is 2. The summed E-state index contributed by atoms with van der Waals surface area (Å²) in [6.07, 6.45) is 0. The highest BCUT2D eigenvalue weighted by atomic mass is 35.5. The lowest BCUT2D eigenvalue weighted by Crippen LogP contribution is -2.21. The van der Waals surface area contributed by atoms with Gasteiger partial charge in [0.05, 0.1) is 16.1 Å². The monoisotopic (exact) mass is 366 g/mol. The van der Waals surface area contributed by atoms with E-state index in [0.717, 1.165) is 0 Å². The number of hydrogen-bond donors (Lipinski definition) is 2. The first-order valence-corrected chi connectivity index (χ1v) is 8.06. The maximum absolute atomic E-state index is 12.8. The molecule has 3 aromatic rings. The van der Waals surface area contributed by atoms with Gasteiger partial charge in [-0.15, -0.1) is 0 Å². The Morgan fingerprint density at radius 3 is 1.88 bits per heavy atom. The summed E-state index contributed by atoms with van der Waals surface area (Å²) in [6.45, 7) is 0. The number of benzene rings is 3. The molecule has 0 saturated carbocycles. The average molecular weight is 367 g/mol. The summed E-state index contributed by atoms with van der Waals surface area (Å²) in [7, 11) is 0. The summed E-state index contributed by atoms with van der Waals surface area (Å²) >= 11 is 6.22. The van der Waals surface area contributed by atoms with Crippen molar-refractivity contribution in [3.8, 4) is 23.0 Å². The highest BCUT2D eigenvalue weighted by Gasteiger charge is 2.35. The van der Waals surface area contributed by atoms with E-state index in [1.807, 2.05) is 6.07 Å². The van der Waals surface area contributed by atoms with Crippen LogP contribution in [0.5, 0.6) is 23.0 Å². The molecular weight excluding hydrogens is 356 g/mol. The Morgan fingerprint density at radius 1 is 0.769 bits per heavy atom. The fourth-order valence-corrected chi connectivity index (χ4v) is 3.13. The van der Waals surface area contributed by atoms with Crippen LogP contribution in [0.4, 0.5) is 0 Å². The molecule has 26 heavy (non-hydrogen) atoms. The van der Waals surface area contributed by atoms with Gasteiger partial charge in [-0.2, -0.15) is 0 Å². The van der Waals surface area contributed by atoms with Gasteiger partial charge in [0, 0.05) is 11.1 Å². The number of phenolic OH excluding ortho intramolecular Hbond substituents is 2. The molecule has 0 aromatic heterocycles. The fourth-order valence-electron chi connectivity index (χ4n) is 2.93. The minimum atomic E-state index is -0.587. The van der Waals surface area contributed by atoms with E-state index in [1.165, 1.54) is 24.3 Å². The molecule has 0 radical (unpaired) electrons. The number of halogens is 1. The molecule has 0 unspecified atom stereocenters. The zero-order valence-electron chi connectivity index (χ0n) is 13.2. The van der Waals surface area contributed by atoms with Gasteiger partial charge in [0.2, 0.25) is 0 Å². The summed E-state index contributed by atoms with van der Waals surface area (Å²) in [5.41, 5.74) is -0.349. The van der Waals surface area contributed by atoms with E-state index in [4.69, 9.17) is 16.3 Å². The van der Waals surface area contributed by atoms with Crippen molar-refractivity contribution >= 4 is 23.2 Å². The largest absolute Gasteiger partial charge is 0.507 e. The third kappa shape index (κ3) is 2.41. The Hall–Kier alpha value is -3.31. The van der Waals surface area contributed by atoms with Crippen LogP contribution in [-0.4, -0.2) is 21.8 Å². The first-order valence-electron chi connectivity index (χ1n) is 7.68. The lowest BCUT2D eigenvalue weighted by Gasteiger charge is -2.20. The zero-order chi connectivity index (χ0) is 18.4. The van der Waals surface area contributed by atoms with Crippen molar-refractivity contribution < 1.29 is 24.5 Å². The van der Waals surface area contributed by atoms with Crippen LogP contribution in [-0.2, 0) is 0 Å². The molecule has 0 bridgehead atoms. The van der Waals surface area contributed by atoms with Crippen molar-refractivity contribution in [2.75, 3.05) is 0 Å². The smallest absolute Gasteiger partial charge is 0.198 e. The van der Waals surface area contributed by atoms with Crippen LogP contribution in [0.1, 0.15) is 31.8 Å². The Morgan fingerprint density at radius 2 is 1.31 bits per heavy atom. The van der Waals surface area contributed by atoms with Crippen LogP contribution in [0.2, 0.25) is 5.02 Å². The van der Waals surface area contributed by atoms with Gasteiger partial charge < -0.3 is 14.9 Å². The molecule has 6 heteroatoms. The predicted octanol–water partition coefficient (Wildman–Crippen LogP) is 4.32. The first kappa shape index (κ1) is 16.2. The summed E-state index contributed by atoms with van der Waals surface area (Å²) in [4.78, 5) is 25.5. The minimum absolute atomic E-state index is 0.0498. The van der Waals surface area contributed by atoms with Gasteiger partial charge in [0.25, 0.3) is 0 Å². The number of ketones is 2. The highest BCUT2D eigenvalue weighted by Crippen LogP contribution is 2.41.